The first-order chi connectivity index (χ1) is 13.6. The number of piperidine rings is 1. The molecule has 1 unspecified atom stereocenters. The third-order valence-electron chi connectivity index (χ3n) is 5.93. The first-order valence-corrected chi connectivity index (χ1v) is 9.92. The number of hydrogen-bond donors (Lipinski definition) is 0. The first-order valence-electron chi connectivity index (χ1n) is 9.92. The van der Waals surface area contributed by atoms with Crippen LogP contribution in [0, 0.1) is 6.92 Å². The Morgan fingerprint density at radius 1 is 1.25 bits per heavy atom. The summed E-state index contributed by atoms with van der Waals surface area (Å²) in [5.74, 6) is 1.18. The summed E-state index contributed by atoms with van der Waals surface area (Å²) in [4.78, 5) is 22.9. The van der Waals surface area contributed by atoms with E-state index >= 15 is 0 Å². The minimum atomic E-state index is -0.376. The molecule has 0 bridgehead atoms. The van der Waals surface area contributed by atoms with Crippen molar-refractivity contribution in [2.75, 3.05) is 26.8 Å². The van der Waals surface area contributed by atoms with Gasteiger partial charge in [0.2, 0.25) is 0 Å². The number of likely N-dealkylation sites (tertiary alicyclic amines) is 1. The molecule has 28 heavy (non-hydrogen) atoms. The fraction of sp³-hybridized carbons (Fsp3) is 0.500. The van der Waals surface area contributed by atoms with E-state index in [1.807, 2.05) is 25.3 Å². The van der Waals surface area contributed by atoms with Gasteiger partial charge in [0.05, 0.1) is 12.8 Å². The molecule has 1 aromatic heterocycles. The maximum atomic E-state index is 11.2. The van der Waals surface area contributed by atoms with E-state index in [2.05, 4.69) is 26.8 Å². The van der Waals surface area contributed by atoms with Crippen molar-refractivity contribution in [1.29, 1.82) is 0 Å². The molecular weight excluding hydrogens is 354 g/mol. The molecule has 0 amide bonds. The van der Waals surface area contributed by atoms with E-state index in [-0.39, 0.29) is 18.0 Å². The van der Waals surface area contributed by atoms with Gasteiger partial charge in [0, 0.05) is 24.7 Å². The number of carbonyl (C=O) groups is 1. The molecule has 1 aliphatic carbocycles. The number of rotatable bonds is 5. The first kappa shape index (κ1) is 18.9. The third kappa shape index (κ3) is 3.87. The molecule has 6 heteroatoms. The summed E-state index contributed by atoms with van der Waals surface area (Å²) < 4.78 is 10.0. The van der Waals surface area contributed by atoms with E-state index in [1.54, 1.807) is 0 Å². The number of hydrogen-bond acceptors (Lipinski definition) is 6. The summed E-state index contributed by atoms with van der Waals surface area (Å²) in [6.45, 7) is 5.00. The molecule has 2 heterocycles. The zero-order chi connectivity index (χ0) is 19.6. The van der Waals surface area contributed by atoms with Crippen molar-refractivity contribution < 1.29 is 14.3 Å². The van der Waals surface area contributed by atoms with Crippen LogP contribution in [0.1, 0.15) is 41.9 Å². The van der Waals surface area contributed by atoms with Crippen LogP contribution < -0.4 is 4.74 Å². The number of nitrogens with zero attached hydrogens (tertiary/aromatic N) is 3. The Morgan fingerprint density at radius 2 is 2.07 bits per heavy atom. The second-order valence-electron chi connectivity index (χ2n) is 7.89. The van der Waals surface area contributed by atoms with Gasteiger partial charge in [-0.15, -0.1) is 0 Å². The smallest absolute Gasteiger partial charge is 0.343 e. The van der Waals surface area contributed by atoms with Crippen molar-refractivity contribution in [3.05, 3.63) is 53.1 Å². The second kappa shape index (κ2) is 7.87. The Bertz CT molecular complexity index is 849. The number of fused-ring (bicyclic) bond motifs is 2. The molecule has 0 N–H and O–H groups in total. The molecule has 0 saturated carbocycles. The van der Waals surface area contributed by atoms with Crippen LogP contribution in [0.15, 0.2) is 30.5 Å². The van der Waals surface area contributed by atoms with E-state index in [9.17, 15) is 4.79 Å². The fourth-order valence-electron chi connectivity index (χ4n) is 4.54. The minimum absolute atomic E-state index is 0.0643. The number of benzene rings is 1. The molecule has 1 atom stereocenters. The van der Waals surface area contributed by atoms with Gasteiger partial charge in [0.25, 0.3) is 0 Å². The second-order valence-corrected chi connectivity index (χ2v) is 7.89. The van der Waals surface area contributed by atoms with Gasteiger partial charge in [-0.1, -0.05) is 12.1 Å². The van der Waals surface area contributed by atoms with E-state index < -0.39 is 0 Å². The maximum absolute atomic E-state index is 11.2. The summed E-state index contributed by atoms with van der Waals surface area (Å²) in [7, 11) is 1.36. The van der Waals surface area contributed by atoms with Crippen LogP contribution in [0.4, 0.5) is 0 Å². The van der Waals surface area contributed by atoms with Gasteiger partial charge >= 0.3 is 5.97 Å². The van der Waals surface area contributed by atoms with E-state index in [0.717, 1.165) is 31.9 Å². The Labute approximate surface area is 165 Å². The number of carbonyl (C=O) groups excluding carboxylic acids is 1. The Morgan fingerprint density at radius 3 is 2.86 bits per heavy atom. The molecule has 1 aromatic carbocycles. The lowest BCUT2D eigenvalue weighted by atomic mass is 9.77. The van der Waals surface area contributed by atoms with Crippen LogP contribution in [0.3, 0.4) is 0 Å². The van der Waals surface area contributed by atoms with Crippen LogP contribution in [0.2, 0.25) is 0 Å². The van der Waals surface area contributed by atoms with Crippen LogP contribution in [0.25, 0.3) is 0 Å². The summed E-state index contributed by atoms with van der Waals surface area (Å²) in [5.41, 5.74) is 4.06. The van der Waals surface area contributed by atoms with Gasteiger partial charge in [0.1, 0.15) is 11.6 Å². The number of aromatic nitrogens is 2. The standard InChI is InChI=1S/C22H27N3O3/c1-16-23-12-18-8-10-22(21(18)24-16)9-3-11-25(15-22)13-17-4-6-19(7-5-17)28-14-20(26)27-2/h4-7,12H,3,8-11,13-15H2,1-2H3. The molecule has 1 fully saturated rings. The van der Waals surface area contributed by atoms with Gasteiger partial charge in [-0.3, -0.25) is 4.90 Å². The zero-order valence-electron chi connectivity index (χ0n) is 16.6. The minimum Gasteiger partial charge on any atom is -0.482 e. The summed E-state index contributed by atoms with van der Waals surface area (Å²) in [6, 6.07) is 7.98. The van der Waals surface area contributed by atoms with Crippen LogP contribution in [-0.2, 0) is 27.9 Å². The average molecular weight is 381 g/mol. The quantitative estimate of drug-likeness (QED) is 0.742. The largest absolute Gasteiger partial charge is 0.482 e. The van der Waals surface area contributed by atoms with E-state index in [4.69, 9.17) is 9.72 Å². The van der Waals surface area contributed by atoms with Crippen molar-refractivity contribution >= 4 is 5.97 Å². The lowest BCUT2D eigenvalue weighted by Gasteiger charge is -2.40. The molecule has 4 rings (SSSR count). The lowest BCUT2D eigenvalue weighted by molar-refractivity contribution is -0.142. The molecule has 148 valence electrons. The van der Waals surface area contributed by atoms with Gasteiger partial charge < -0.3 is 9.47 Å². The molecule has 1 saturated heterocycles. The monoisotopic (exact) mass is 381 g/mol. The molecular formula is C22H27N3O3. The predicted molar refractivity (Wildman–Crippen MR) is 105 cm³/mol. The highest BCUT2D eigenvalue weighted by atomic mass is 16.6. The highest BCUT2D eigenvalue weighted by Gasteiger charge is 2.43. The summed E-state index contributed by atoms with van der Waals surface area (Å²) >= 11 is 0. The Kier molecular flexibility index (Phi) is 5.31. The molecule has 1 spiro atoms. The number of esters is 1. The average Bonchev–Trinajstić information content (AvgIpc) is 3.04. The van der Waals surface area contributed by atoms with Crippen LogP contribution >= 0.6 is 0 Å². The van der Waals surface area contributed by atoms with Gasteiger partial charge in [-0.2, -0.15) is 0 Å². The van der Waals surface area contributed by atoms with Crippen molar-refractivity contribution in [3.8, 4) is 5.75 Å². The fourth-order valence-corrected chi connectivity index (χ4v) is 4.54. The van der Waals surface area contributed by atoms with Crippen LogP contribution in [-0.4, -0.2) is 47.6 Å². The lowest BCUT2D eigenvalue weighted by Crippen LogP contribution is -2.45. The summed E-state index contributed by atoms with van der Waals surface area (Å²) in [5, 5.41) is 0. The highest BCUT2D eigenvalue weighted by Crippen LogP contribution is 2.44. The number of aryl methyl sites for hydroxylation is 2. The van der Waals surface area contributed by atoms with Gasteiger partial charge in [0.15, 0.2) is 6.61 Å². The number of methoxy groups -OCH3 is 1. The SMILES string of the molecule is COC(=O)COc1ccc(CN2CCCC3(CCc4cnc(C)nc43)C2)cc1. The molecule has 1 aliphatic heterocycles. The maximum Gasteiger partial charge on any atom is 0.343 e. The zero-order valence-corrected chi connectivity index (χ0v) is 16.6. The predicted octanol–water partition coefficient (Wildman–Crippen LogP) is 2.82. The molecule has 2 aliphatic rings. The molecule has 0 radical (unpaired) electrons. The number of ether oxygens (including phenoxy) is 2. The Balaban J connectivity index is 1.41. The molecule has 2 aromatic rings. The van der Waals surface area contributed by atoms with Crippen molar-refractivity contribution in [2.45, 2.75) is 44.6 Å². The van der Waals surface area contributed by atoms with Gasteiger partial charge in [-0.05, 0) is 62.4 Å². The van der Waals surface area contributed by atoms with E-state index in [0.29, 0.717) is 5.75 Å². The topological polar surface area (TPSA) is 64.6 Å². The van der Waals surface area contributed by atoms with Crippen molar-refractivity contribution in [3.63, 3.8) is 0 Å². The highest BCUT2D eigenvalue weighted by molar-refractivity contribution is 5.70. The third-order valence-corrected chi connectivity index (χ3v) is 5.93. The van der Waals surface area contributed by atoms with Crippen molar-refractivity contribution in [1.82, 2.24) is 14.9 Å². The van der Waals surface area contributed by atoms with E-state index in [1.165, 1.54) is 43.2 Å². The van der Waals surface area contributed by atoms with Crippen LogP contribution in [0.5, 0.6) is 5.75 Å². The summed E-state index contributed by atoms with van der Waals surface area (Å²) in [6.07, 6.45) is 6.71. The van der Waals surface area contributed by atoms with Gasteiger partial charge in [-0.25, -0.2) is 14.8 Å². The normalized spacial score (nSPS) is 21.5. The van der Waals surface area contributed by atoms with Crippen molar-refractivity contribution in [2.24, 2.45) is 0 Å². The Hall–Kier alpha value is -2.47. The molecule has 6 nitrogen and oxygen atoms in total.